The molecule has 22 heavy (non-hydrogen) atoms. The number of halogens is 3. The van der Waals surface area contributed by atoms with E-state index in [1.807, 2.05) is 0 Å². The van der Waals surface area contributed by atoms with Crippen molar-refractivity contribution in [3.8, 4) is 0 Å². The van der Waals surface area contributed by atoms with Crippen molar-refractivity contribution < 1.29 is 18.0 Å². The van der Waals surface area contributed by atoms with Gasteiger partial charge >= 0.3 is 6.18 Å². The van der Waals surface area contributed by atoms with Crippen LogP contribution in [0.5, 0.6) is 0 Å². The minimum absolute atomic E-state index is 0.267. The number of aromatic nitrogens is 1. The van der Waals surface area contributed by atoms with Crippen LogP contribution in [0.2, 0.25) is 0 Å². The quantitative estimate of drug-likeness (QED) is 0.751. The highest BCUT2D eigenvalue weighted by Crippen LogP contribution is 2.34. The fourth-order valence-corrected chi connectivity index (χ4v) is 2.81. The van der Waals surface area contributed by atoms with Crippen LogP contribution >= 0.6 is 11.3 Å². The SMILES string of the molecule is O=C(Nc1nc2ccc(C(F)(F)F)cc2s1)c1ccccc1. The Hall–Kier alpha value is -2.41. The largest absolute Gasteiger partial charge is 0.416 e. The average Bonchev–Trinajstić information content (AvgIpc) is 2.88. The van der Waals surface area contributed by atoms with E-state index in [0.717, 1.165) is 23.5 Å². The highest BCUT2D eigenvalue weighted by molar-refractivity contribution is 7.22. The third-order valence-corrected chi connectivity index (χ3v) is 3.91. The molecule has 112 valence electrons. The van der Waals surface area contributed by atoms with E-state index in [1.54, 1.807) is 30.3 Å². The fraction of sp³-hybridized carbons (Fsp3) is 0.0667. The third kappa shape index (κ3) is 2.94. The maximum atomic E-state index is 12.7. The topological polar surface area (TPSA) is 42.0 Å². The molecule has 0 spiro atoms. The summed E-state index contributed by atoms with van der Waals surface area (Å²) in [5.41, 5.74) is 0.142. The lowest BCUT2D eigenvalue weighted by atomic mass is 10.2. The number of nitrogens with one attached hydrogen (secondary N) is 1. The van der Waals surface area contributed by atoms with Crippen molar-refractivity contribution in [2.24, 2.45) is 0 Å². The van der Waals surface area contributed by atoms with E-state index in [9.17, 15) is 18.0 Å². The number of nitrogens with zero attached hydrogens (tertiary/aromatic N) is 1. The molecule has 0 fully saturated rings. The number of fused-ring (bicyclic) bond motifs is 1. The molecule has 0 bridgehead atoms. The number of carbonyl (C=O) groups is 1. The number of carbonyl (C=O) groups excluding carboxylic acids is 1. The molecule has 3 nitrogen and oxygen atoms in total. The lowest BCUT2D eigenvalue weighted by molar-refractivity contribution is -0.137. The molecule has 3 rings (SSSR count). The van der Waals surface area contributed by atoms with Crippen LogP contribution in [-0.4, -0.2) is 10.9 Å². The Balaban J connectivity index is 1.88. The van der Waals surface area contributed by atoms with Gasteiger partial charge in [-0.25, -0.2) is 4.98 Å². The Morgan fingerprint density at radius 1 is 1.09 bits per heavy atom. The van der Waals surface area contributed by atoms with Crippen molar-refractivity contribution in [3.05, 3.63) is 59.7 Å². The van der Waals surface area contributed by atoms with Crippen LogP contribution in [0.25, 0.3) is 10.2 Å². The number of amides is 1. The van der Waals surface area contributed by atoms with Crippen LogP contribution in [0.3, 0.4) is 0 Å². The van der Waals surface area contributed by atoms with E-state index >= 15 is 0 Å². The number of rotatable bonds is 2. The highest BCUT2D eigenvalue weighted by Gasteiger charge is 2.30. The number of thiazole rings is 1. The first-order chi connectivity index (χ1) is 10.4. The zero-order chi connectivity index (χ0) is 15.7. The molecule has 0 atom stereocenters. The summed E-state index contributed by atoms with van der Waals surface area (Å²) in [4.78, 5) is 16.1. The number of hydrogen-bond donors (Lipinski definition) is 1. The standard InChI is InChI=1S/C15H9F3N2OS/c16-15(17,18)10-6-7-11-12(8-10)22-14(19-11)20-13(21)9-4-2-1-3-5-9/h1-8H,(H,19,20,21). The molecule has 1 amide bonds. The lowest BCUT2D eigenvalue weighted by Crippen LogP contribution is -2.11. The molecule has 0 aliphatic rings. The van der Waals surface area contributed by atoms with Gasteiger partial charge in [0.15, 0.2) is 5.13 Å². The Morgan fingerprint density at radius 3 is 2.50 bits per heavy atom. The summed E-state index contributed by atoms with van der Waals surface area (Å²) >= 11 is 1.01. The van der Waals surface area contributed by atoms with Crippen molar-refractivity contribution in [3.63, 3.8) is 0 Å². The van der Waals surface area contributed by atoms with Gasteiger partial charge < -0.3 is 0 Å². The Morgan fingerprint density at radius 2 is 1.82 bits per heavy atom. The lowest BCUT2D eigenvalue weighted by Gasteiger charge is -2.04. The zero-order valence-corrected chi connectivity index (χ0v) is 11.8. The van der Waals surface area contributed by atoms with Gasteiger partial charge in [-0.05, 0) is 30.3 Å². The van der Waals surface area contributed by atoms with Crippen LogP contribution in [0.15, 0.2) is 48.5 Å². The summed E-state index contributed by atoms with van der Waals surface area (Å²) < 4.78 is 38.4. The molecular weight excluding hydrogens is 313 g/mol. The molecule has 1 aromatic heterocycles. The van der Waals surface area contributed by atoms with Gasteiger partial charge in [0.25, 0.3) is 5.91 Å². The highest BCUT2D eigenvalue weighted by atomic mass is 32.1. The normalized spacial score (nSPS) is 11.6. The van der Waals surface area contributed by atoms with Gasteiger partial charge in [-0.3, -0.25) is 10.1 Å². The number of alkyl halides is 3. The first kappa shape index (κ1) is 14.5. The number of benzene rings is 2. The van der Waals surface area contributed by atoms with Gasteiger partial charge in [0.05, 0.1) is 15.8 Å². The molecule has 0 unspecified atom stereocenters. The number of anilines is 1. The molecule has 7 heteroatoms. The van der Waals surface area contributed by atoms with Crippen LogP contribution in [0, 0.1) is 0 Å². The van der Waals surface area contributed by atoms with Crippen molar-refractivity contribution in [2.45, 2.75) is 6.18 Å². The van der Waals surface area contributed by atoms with Gasteiger partial charge in [0.2, 0.25) is 0 Å². The van der Waals surface area contributed by atoms with Crippen LogP contribution in [0.4, 0.5) is 18.3 Å². The predicted octanol–water partition coefficient (Wildman–Crippen LogP) is 4.57. The molecule has 0 aliphatic carbocycles. The molecule has 2 aromatic carbocycles. The van der Waals surface area contributed by atoms with Crippen molar-refractivity contribution >= 4 is 32.6 Å². The summed E-state index contributed by atoms with van der Waals surface area (Å²) in [7, 11) is 0. The molecular formula is C15H9F3N2OS. The van der Waals surface area contributed by atoms with E-state index in [0.29, 0.717) is 15.8 Å². The molecule has 0 aliphatic heterocycles. The molecule has 1 N–H and O–H groups in total. The summed E-state index contributed by atoms with van der Waals surface area (Å²) in [6.07, 6.45) is -4.40. The second-order valence-electron chi connectivity index (χ2n) is 4.52. The van der Waals surface area contributed by atoms with Crippen LogP contribution in [-0.2, 0) is 6.18 Å². The summed E-state index contributed by atoms with van der Waals surface area (Å²) in [6.45, 7) is 0. The Bertz CT molecular complexity index is 828. The van der Waals surface area contributed by atoms with E-state index in [2.05, 4.69) is 10.3 Å². The monoisotopic (exact) mass is 322 g/mol. The molecule has 0 saturated carbocycles. The maximum Gasteiger partial charge on any atom is 0.416 e. The summed E-state index contributed by atoms with van der Waals surface area (Å²) in [5.74, 6) is -0.351. The Kier molecular flexibility index (Phi) is 3.58. The van der Waals surface area contributed by atoms with Gasteiger partial charge in [-0.2, -0.15) is 13.2 Å². The first-order valence-corrected chi connectivity index (χ1v) is 7.09. The van der Waals surface area contributed by atoms with Gasteiger partial charge in [-0.1, -0.05) is 29.5 Å². The fourth-order valence-electron chi connectivity index (χ4n) is 1.91. The van der Waals surface area contributed by atoms with Gasteiger partial charge in [-0.15, -0.1) is 0 Å². The molecule has 1 heterocycles. The number of hydrogen-bond acceptors (Lipinski definition) is 3. The van der Waals surface area contributed by atoms with Crippen molar-refractivity contribution in [1.29, 1.82) is 0 Å². The molecule has 0 saturated heterocycles. The maximum absolute atomic E-state index is 12.7. The van der Waals surface area contributed by atoms with Gasteiger partial charge in [0, 0.05) is 5.56 Å². The zero-order valence-electron chi connectivity index (χ0n) is 11.0. The molecule has 0 radical (unpaired) electrons. The Labute approximate surface area is 127 Å². The first-order valence-electron chi connectivity index (χ1n) is 6.28. The average molecular weight is 322 g/mol. The third-order valence-electron chi connectivity index (χ3n) is 2.97. The second-order valence-corrected chi connectivity index (χ2v) is 5.55. The van der Waals surface area contributed by atoms with Gasteiger partial charge in [0.1, 0.15) is 0 Å². The van der Waals surface area contributed by atoms with E-state index in [4.69, 9.17) is 0 Å². The second kappa shape index (κ2) is 5.42. The van der Waals surface area contributed by atoms with Crippen LogP contribution < -0.4 is 5.32 Å². The summed E-state index contributed by atoms with van der Waals surface area (Å²) in [5, 5.41) is 2.86. The smallest absolute Gasteiger partial charge is 0.298 e. The van der Waals surface area contributed by atoms with Crippen LogP contribution in [0.1, 0.15) is 15.9 Å². The predicted molar refractivity (Wildman–Crippen MR) is 79.0 cm³/mol. The van der Waals surface area contributed by atoms with E-state index < -0.39 is 11.7 Å². The molecule has 3 aromatic rings. The van der Waals surface area contributed by atoms with Crippen molar-refractivity contribution in [1.82, 2.24) is 4.98 Å². The summed E-state index contributed by atoms with van der Waals surface area (Å²) in [6, 6.07) is 11.8. The van der Waals surface area contributed by atoms with E-state index in [-0.39, 0.29) is 11.0 Å². The van der Waals surface area contributed by atoms with Crippen molar-refractivity contribution in [2.75, 3.05) is 5.32 Å². The van der Waals surface area contributed by atoms with E-state index in [1.165, 1.54) is 6.07 Å². The minimum Gasteiger partial charge on any atom is -0.298 e. The minimum atomic E-state index is -4.40.